The van der Waals surface area contributed by atoms with E-state index < -0.39 is 24.2 Å². The summed E-state index contributed by atoms with van der Waals surface area (Å²) in [5.41, 5.74) is 7.78. The molecule has 0 bridgehead atoms. The fourth-order valence-electron chi connectivity index (χ4n) is 3.55. The van der Waals surface area contributed by atoms with Gasteiger partial charge >= 0.3 is 6.09 Å². The van der Waals surface area contributed by atoms with Gasteiger partial charge in [0, 0.05) is 23.3 Å². The lowest BCUT2D eigenvalue weighted by molar-refractivity contribution is -0.112. The zero-order valence-corrected chi connectivity index (χ0v) is 22.2. The van der Waals surface area contributed by atoms with Crippen molar-refractivity contribution in [2.45, 2.75) is 24.0 Å². The monoisotopic (exact) mass is 537 g/mol. The molecule has 0 aliphatic rings. The van der Waals surface area contributed by atoms with Crippen LogP contribution >= 0.6 is 11.8 Å². The normalized spacial score (nSPS) is 12.5. The van der Waals surface area contributed by atoms with Crippen LogP contribution in [0.3, 0.4) is 0 Å². The molecule has 0 aliphatic heterocycles. The van der Waals surface area contributed by atoms with E-state index in [1.807, 2.05) is 18.4 Å². The molecule has 200 valence electrons. The van der Waals surface area contributed by atoms with Crippen LogP contribution in [0.15, 0.2) is 83.8 Å². The predicted octanol–water partition coefficient (Wildman–Crippen LogP) is 5.59. The fraction of sp³-hybridized carbons (Fsp3) is 0.214. The summed E-state index contributed by atoms with van der Waals surface area (Å²) >= 11 is 1.59. The Hall–Kier alpha value is -4.15. The van der Waals surface area contributed by atoms with E-state index in [1.165, 1.54) is 25.3 Å². The Morgan fingerprint density at radius 3 is 2.45 bits per heavy atom. The van der Waals surface area contributed by atoms with Crippen LogP contribution in [0.4, 0.5) is 21.9 Å². The number of thioether (sulfide) groups is 1. The van der Waals surface area contributed by atoms with Crippen LogP contribution in [0.2, 0.25) is 0 Å². The summed E-state index contributed by atoms with van der Waals surface area (Å²) in [7, 11) is 1.43. The van der Waals surface area contributed by atoms with Crippen molar-refractivity contribution in [3.63, 3.8) is 0 Å². The SMILES string of the molecule is CCO[C@@H](/C=C/C(=O)Nc1ccccc1N)[C@@H](OC(=O)Nc1ccc(SC)cc1)c1ccc(OC)c(O)c1. The van der Waals surface area contributed by atoms with Gasteiger partial charge < -0.3 is 30.4 Å². The van der Waals surface area contributed by atoms with E-state index in [9.17, 15) is 14.7 Å². The molecule has 9 nitrogen and oxygen atoms in total. The van der Waals surface area contributed by atoms with Gasteiger partial charge in [0.1, 0.15) is 6.10 Å². The average molecular weight is 538 g/mol. The van der Waals surface area contributed by atoms with E-state index in [1.54, 1.807) is 67.2 Å². The molecule has 0 spiro atoms. The van der Waals surface area contributed by atoms with Crippen LogP contribution < -0.4 is 21.1 Å². The number of phenols is 1. The summed E-state index contributed by atoms with van der Waals surface area (Å²) < 4.78 is 16.8. The van der Waals surface area contributed by atoms with Gasteiger partial charge in [0.05, 0.1) is 18.5 Å². The van der Waals surface area contributed by atoms with Crippen molar-refractivity contribution < 1.29 is 28.9 Å². The minimum absolute atomic E-state index is 0.136. The molecule has 3 aromatic rings. The number of phenolic OH excluding ortho intramolecular Hbond substituents is 1. The third-order valence-electron chi connectivity index (χ3n) is 5.42. The van der Waals surface area contributed by atoms with E-state index in [4.69, 9.17) is 19.9 Å². The number of nitrogen functional groups attached to an aromatic ring is 1. The first-order valence-electron chi connectivity index (χ1n) is 11.8. The van der Waals surface area contributed by atoms with Crippen LogP contribution in [-0.2, 0) is 14.3 Å². The average Bonchev–Trinajstić information content (AvgIpc) is 2.91. The van der Waals surface area contributed by atoms with Crippen molar-refractivity contribution >= 4 is 40.8 Å². The molecule has 0 heterocycles. The molecule has 38 heavy (non-hydrogen) atoms. The molecule has 0 radical (unpaired) electrons. The number of carbonyl (C=O) groups excluding carboxylic acids is 2. The van der Waals surface area contributed by atoms with Gasteiger partial charge in [-0.05, 0) is 73.3 Å². The number of nitrogens with two attached hydrogens (primary N) is 1. The third-order valence-corrected chi connectivity index (χ3v) is 6.16. The maximum absolute atomic E-state index is 12.9. The standard InChI is InChI=1S/C28H31N3O6S/c1-4-36-25(15-16-26(33)31-22-8-6-5-7-21(22)29)27(18-9-14-24(35-2)23(32)17-18)37-28(34)30-19-10-12-20(38-3)13-11-19/h5-17,25,27,32H,4,29H2,1-3H3,(H,30,34)(H,31,33)/b16-15+/t25-,27-/m0/s1. The van der Waals surface area contributed by atoms with E-state index in [2.05, 4.69) is 10.6 Å². The van der Waals surface area contributed by atoms with Crippen molar-refractivity contribution in [2.75, 3.05) is 36.3 Å². The highest BCUT2D eigenvalue weighted by molar-refractivity contribution is 7.98. The summed E-state index contributed by atoms with van der Waals surface area (Å²) in [6, 6.07) is 18.8. The Labute approximate surface area is 226 Å². The molecule has 0 aliphatic carbocycles. The molecule has 2 atom stereocenters. The van der Waals surface area contributed by atoms with Crippen LogP contribution in [-0.4, -0.2) is 43.2 Å². The second-order valence-electron chi connectivity index (χ2n) is 7.97. The molecule has 10 heteroatoms. The number of amides is 2. The first-order valence-corrected chi connectivity index (χ1v) is 13.0. The number of aromatic hydroxyl groups is 1. The van der Waals surface area contributed by atoms with E-state index in [0.717, 1.165) is 4.90 Å². The van der Waals surface area contributed by atoms with Crippen molar-refractivity contribution in [1.82, 2.24) is 0 Å². The van der Waals surface area contributed by atoms with Crippen molar-refractivity contribution in [3.05, 3.63) is 84.4 Å². The summed E-state index contributed by atoms with van der Waals surface area (Å²) in [4.78, 5) is 26.5. The van der Waals surface area contributed by atoms with Gasteiger partial charge in [-0.3, -0.25) is 10.1 Å². The molecule has 5 N–H and O–H groups in total. The fourth-order valence-corrected chi connectivity index (χ4v) is 3.96. The number of hydrogen-bond acceptors (Lipinski definition) is 8. The Morgan fingerprint density at radius 2 is 1.82 bits per heavy atom. The molecular weight excluding hydrogens is 506 g/mol. The second-order valence-corrected chi connectivity index (χ2v) is 8.85. The Balaban J connectivity index is 1.85. The maximum atomic E-state index is 12.9. The van der Waals surface area contributed by atoms with E-state index >= 15 is 0 Å². The number of hydrogen-bond donors (Lipinski definition) is 4. The van der Waals surface area contributed by atoms with Gasteiger partial charge in [0.25, 0.3) is 0 Å². The van der Waals surface area contributed by atoms with Gasteiger partial charge in [-0.2, -0.15) is 0 Å². The van der Waals surface area contributed by atoms with Gasteiger partial charge in [-0.15, -0.1) is 11.8 Å². The van der Waals surface area contributed by atoms with E-state index in [-0.39, 0.29) is 18.1 Å². The number of ether oxygens (including phenoxy) is 3. The summed E-state index contributed by atoms with van der Waals surface area (Å²) in [5.74, 6) is -0.320. The number of para-hydroxylation sites is 2. The summed E-state index contributed by atoms with van der Waals surface area (Å²) in [6.07, 6.45) is 2.12. The summed E-state index contributed by atoms with van der Waals surface area (Å²) in [6.45, 7) is 2.05. The minimum atomic E-state index is -1.01. The van der Waals surface area contributed by atoms with Crippen LogP contribution in [0, 0.1) is 0 Å². The van der Waals surface area contributed by atoms with Crippen LogP contribution in [0.25, 0.3) is 0 Å². The number of nitrogens with one attached hydrogen (secondary N) is 2. The smallest absolute Gasteiger partial charge is 0.412 e. The third kappa shape index (κ3) is 7.92. The highest BCUT2D eigenvalue weighted by Gasteiger charge is 2.27. The predicted molar refractivity (Wildman–Crippen MR) is 150 cm³/mol. The van der Waals surface area contributed by atoms with Crippen LogP contribution in [0.5, 0.6) is 11.5 Å². The quantitative estimate of drug-likeness (QED) is 0.141. The number of methoxy groups -OCH3 is 1. The van der Waals surface area contributed by atoms with Gasteiger partial charge in [-0.25, -0.2) is 4.79 Å². The first-order chi connectivity index (χ1) is 18.3. The van der Waals surface area contributed by atoms with E-state index in [0.29, 0.717) is 22.6 Å². The van der Waals surface area contributed by atoms with Crippen molar-refractivity contribution in [3.8, 4) is 11.5 Å². The summed E-state index contributed by atoms with van der Waals surface area (Å²) in [5, 5.41) is 15.8. The van der Waals surface area contributed by atoms with Gasteiger partial charge in [0.15, 0.2) is 17.6 Å². The topological polar surface area (TPSA) is 132 Å². The number of rotatable bonds is 11. The molecule has 0 unspecified atom stereocenters. The molecule has 0 saturated heterocycles. The Bertz CT molecular complexity index is 1270. The lowest BCUT2D eigenvalue weighted by atomic mass is 10.0. The minimum Gasteiger partial charge on any atom is -0.504 e. The second kappa shape index (κ2) is 14.0. The molecule has 3 aromatic carbocycles. The highest BCUT2D eigenvalue weighted by Crippen LogP contribution is 2.33. The maximum Gasteiger partial charge on any atom is 0.412 e. The number of benzene rings is 3. The zero-order chi connectivity index (χ0) is 27.5. The number of anilines is 3. The Morgan fingerprint density at radius 1 is 1.08 bits per heavy atom. The van der Waals surface area contributed by atoms with Crippen LogP contribution in [0.1, 0.15) is 18.6 Å². The molecule has 3 rings (SSSR count). The van der Waals surface area contributed by atoms with Crippen molar-refractivity contribution in [2.24, 2.45) is 0 Å². The highest BCUT2D eigenvalue weighted by atomic mass is 32.2. The Kier molecular flexibility index (Phi) is 10.4. The first kappa shape index (κ1) is 28.4. The lowest BCUT2D eigenvalue weighted by Crippen LogP contribution is -2.28. The lowest BCUT2D eigenvalue weighted by Gasteiger charge is -2.25. The number of carbonyl (C=O) groups is 2. The molecule has 2 amide bonds. The van der Waals surface area contributed by atoms with Gasteiger partial charge in [-0.1, -0.05) is 18.2 Å². The largest absolute Gasteiger partial charge is 0.504 e. The molecule has 0 fully saturated rings. The molecular formula is C28H31N3O6S. The van der Waals surface area contributed by atoms with Crippen molar-refractivity contribution in [1.29, 1.82) is 0 Å². The zero-order valence-electron chi connectivity index (χ0n) is 21.3. The van der Waals surface area contributed by atoms with Gasteiger partial charge in [0.2, 0.25) is 5.91 Å². The molecule has 0 saturated carbocycles. The molecule has 0 aromatic heterocycles.